The first kappa shape index (κ1) is 9.05. The molecule has 0 spiro atoms. The highest BCUT2D eigenvalue weighted by Crippen LogP contribution is 2.20. The van der Waals surface area contributed by atoms with Crippen LogP contribution in [0.25, 0.3) is 0 Å². The molecule has 0 saturated carbocycles. The van der Waals surface area contributed by atoms with Gasteiger partial charge in [0.2, 0.25) is 0 Å². The molecule has 0 aromatic carbocycles. The molecule has 2 rings (SSSR count). The Morgan fingerprint density at radius 3 is 3.07 bits per heavy atom. The molecule has 1 aliphatic heterocycles. The van der Waals surface area contributed by atoms with Crippen molar-refractivity contribution in [3.63, 3.8) is 0 Å². The van der Waals surface area contributed by atoms with E-state index in [1.54, 1.807) is 12.5 Å². The molecular weight excluding hydrogens is 182 g/mol. The summed E-state index contributed by atoms with van der Waals surface area (Å²) in [4.78, 5) is 14.9. The molecule has 0 radical (unpaired) electrons. The smallest absolute Gasteiger partial charge is 0.407 e. The van der Waals surface area contributed by atoms with Gasteiger partial charge in [-0.25, -0.2) is 9.78 Å². The summed E-state index contributed by atoms with van der Waals surface area (Å²) >= 11 is 0. The van der Waals surface area contributed by atoms with E-state index in [1.165, 1.54) is 0 Å². The van der Waals surface area contributed by atoms with Gasteiger partial charge in [0.05, 0.1) is 18.2 Å². The average Bonchev–Trinajstić information content (AvgIpc) is 2.70. The summed E-state index contributed by atoms with van der Waals surface area (Å²) in [7, 11) is 0. The number of rotatable bonds is 2. The molecule has 76 valence electrons. The zero-order valence-electron chi connectivity index (χ0n) is 8.23. The molecule has 1 saturated heterocycles. The minimum Gasteiger partial charge on any atom is -0.447 e. The molecule has 2 heterocycles. The van der Waals surface area contributed by atoms with Crippen LogP contribution in [-0.2, 0) is 4.74 Å². The van der Waals surface area contributed by atoms with E-state index in [0.717, 1.165) is 5.69 Å². The lowest BCUT2D eigenvalue weighted by Gasteiger charge is -2.14. The van der Waals surface area contributed by atoms with E-state index in [-0.39, 0.29) is 12.1 Å². The molecular formula is C9H13N3O2. The summed E-state index contributed by atoms with van der Waals surface area (Å²) in [5, 5.41) is 2.73. The number of hydrogen-bond acceptors (Lipinski definition) is 3. The van der Waals surface area contributed by atoms with E-state index in [2.05, 4.69) is 24.1 Å². The molecule has 0 bridgehead atoms. The largest absolute Gasteiger partial charge is 0.447 e. The number of alkyl carbamates (subject to hydrolysis) is 1. The number of imidazole rings is 1. The van der Waals surface area contributed by atoms with Crippen LogP contribution in [0.15, 0.2) is 12.5 Å². The summed E-state index contributed by atoms with van der Waals surface area (Å²) < 4.78 is 6.86. The maximum absolute atomic E-state index is 10.9. The first-order valence-corrected chi connectivity index (χ1v) is 4.63. The standard InChI is InChI=1S/C9H13N3O2/c1-6(2)12-5-10-3-8(12)7-4-14-9(13)11-7/h3,5-7H,4H2,1-2H3,(H,11,13). The molecule has 14 heavy (non-hydrogen) atoms. The van der Waals surface area contributed by atoms with E-state index in [9.17, 15) is 4.79 Å². The molecule has 1 aromatic heterocycles. The summed E-state index contributed by atoms with van der Waals surface area (Å²) in [6, 6.07) is 0.275. The van der Waals surface area contributed by atoms with Crippen molar-refractivity contribution >= 4 is 6.09 Å². The van der Waals surface area contributed by atoms with Gasteiger partial charge in [-0.2, -0.15) is 0 Å². The molecule has 1 aromatic rings. The molecule has 1 amide bonds. The van der Waals surface area contributed by atoms with Gasteiger partial charge in [-0.1, -0.05) is 0 Å². The van der Waals surface area contributed by atoms with Crippen molar-refractivity contribution in [3.05, 3.63) is 18.2 Å². The predicted octanol–water partition coefficient (Wildman–Crippen LogP) is 1.24. The number of nitrogens with zero attached hydrogens (tertiary/aromatic N) is 2. The Hall–Kier alpha value is -1.52. The fourth-order valence-corrected chi connectivity index (χ4v) is 1.56. The summed E-state index contributed by atoms with van der Waals surface area (Å²) in [5.74, 6) is 0. The number of cyclic esters (lactones) is 1. The maximum atomic E-state index is 10.9. The number of amides is 1. The van der Waals surface area contributed by atoms with Crippen LogP contribution >= 0.6 is 0 Å². The minimum atomic E-state index is -0.355. The number of ether oxygens (including phenoxy) is 1. The third kappa shape index (κ3) is 1.45. The number of nitrogens with one attached hydrogen (secondary N) is 1. The van der Waals surface area contributed by atoms with Gasteiger partial charge in [0, 0.05) is 6.04 Å². The molecule has 1 aliphatic rings. The second kappa shape index (κ2) is 3.32. The monoisotopic (exact) mass is 195 g/mol. The molecule has 1 unspecified atom stereocenters. The number of carbonyl (C=O) groups excluding carboxylic acids is 1. The van der Waals surface area contributed by atoms with E-state index < -0.39 is 0 Å². The third-order valence-electron chi connectivity index (χ3n) is 2.28. The van der Waals surface area contributed by atoms with E-state index >= 15 is 0 Å². The van der Waals surface area contributed by atoms with Crippen LogP contribution in [0, 0.1) is 0 Å². The van der Waals surface area contributed by atoms with Crippen LogP contribution in [-0.4, -0.2) is 22.3 Å². The van der Waals surface area contributed by atoms with Crippen molar-refractivity contribution in [1.82, 2.24) is 14.9 Å². The second-order valence-electron chi connectivity index (χ2n) is 3.61. The lowest BCUT2D eigenvalue weighted by Crippen LogP contribution is -2.21. The summed E-state index contributed by atoms with van der Waals surface area (Å²) in [5.41, 5.74) is 0.992. The van der Waals surface area contributed by atoms with E-state index in [1.807, 2.05) is 4.57 Å². The quantitative estimate of drug-likeness (QED) is 0.772. The molecule has 0 aliphatic carbocycles. The van der Waals surface area contributed by atoms with Crippen molar-refractivity contribution in [3.8, 4) is 0 Å². The van der Waals surface area contributed by atoms with Crippen molar-refractivity contribution in [2.75, 3.05) is 6.61 Å². The predicted molar refractivity (Wildman–Crippen MR) is 49.8 cm³/mol. The number of hydrogen-bond donors (Lipinski definition) is 1. The Morgan fingerprint density at radius 1 is 1.71 bits per heavy atom. The fraction of sp³-hybridized carbons (Fsp3) is 0.556. The van der Waals surface area contributed by atoms with Crippen molar-refractivity contribution < 1.29 is 9.53 Å². The van der Waals surface area contributed by atoms with Gasteiger partial charge in [-0.05, 0) is 13.8 Å². The van der Waals surface area contributed by atoms with E-state index in [4.69, 9.17) is 4.74 Å². The Balaban J connectivity index is 2.23. The summed E-state index contributed by atoms with van der Waals surface area (Å²) in [6.45, 7) is 4.53. The van der Waals surface area contributed by atoms with Crippen molar-refractivity contribution in [2.45, 2.75) is 25.9 Å². The lowest BCUT2D eigenvalue weighted by molar-refractivity contribution is 0.176. The zero-order chi connectivity index (χ0) is 10.1. The first-order chi connectivity index (χ1) is 6.68. The Bertz CT molecular complexity index is 346. The SMILES string of the molecule is CC(C)n1cncc1C1COC(=O)N1. The van der Waals surface area contributed by atoms with Gasteiger partial charge in [0.1, 0.15) is 12.6 Å². The Kier molecular flexibility index (Phi) is 2.15. The fourth-order valence-electron chi connectivity index (χ4n) is 1.56. The van der Waals surface area contributed by atoms with Gasteiger partial charge in [-0.3, -0.25) is 0 Å². The molecule has 1 fully saturated rings. The minimum absolute atomic E-state index is 0.0626. The van der Waals surface area contributed by atoms with Crippen LogP contribution in [0.1, 0.15) is 31.6 Å². The van der Waals surface area contributed by atoms with Crippen LogP contribution < -0.4 is 5.32 Å². The molecule has 1 atom stereocenters. The molecule has 5 nitrogen and oxygen atoms in total. The maximum Gasteiger partial charge on any atom is 0.407 e. The highest BCUT2D eigenvalue weighted by molar-refractivity contribution is 5.69. The summed E-state index contributed by atoms with van der Waals surface area (Å²) in [6.07, 6.45) is 3.18. The first-order valence-electron chi connectivity index (χ1n) is 4.63. The van der Waals surface area contributed by atoms with Gasteiger partial charge >= 0.3 is 6.09 Å². The lowest BCUT2D eigenvalue weighted by atomic mass is 10.2. The number of aromatic nitrogens is 2. The highest BCUT2D eigenvalue weighted by Gasteiger charge is 2.26. The normalized spacial score (nSPS) is 21.1. The van der Waals surface area contributed by atoms with E-state index in [0.29, 0.717) is 12.6 Å². The molecule has 1 N–H and O–H groups in total. The van der Waals surface area contributed by atoms with Gasteiger partial charge in [-0.15, -0.1) is 0 Å². The van der Waals surface area contributed by atoms with Gasteiger partial charge < -0.3 is 14.6 Å². The zero-order valence-corrected chi connectivity index (χ0v) is 8.23. The van der Waals surface area contributed by atoms with Crippen molar-refractivity contribution in [1.29, 1.82) is 0 Å². The third-order valence-corrected chi connectivity index (χ3v) is 2.28. The Labute approximate surface area is 82.1 Å². The highest BCUT2D eigenvalue weighted by atomic mass is 16.6. The van der Waals surface area contributed by atoms with Crippen LogP contribution in [0.4, 0.5) is 4.79 Å². The second-order valence-corrected chi connectivity index (χ2v) is 3.61. The van der Waals surface area contributed by atoms with Gasteiger partial charge in [0.25, 0.3) is 0 Å². The Morgan fingerprint density at radius 2 is 2.50 bits per heavy atom. The van der Waals surface area contributed by atoms with Crippen LogP contribution in [0.5, 0.6) is 0 Å². The van der Waals surface area contributed by atoms with Crippen LogP contribution in [0.2, 0.25) is 0 Å². The number of carbonyl (C=O) groups is 1. The average molecular weight is 195 g/mol. The topological polar surface area (TPSA) is 56.2 Å². The van der Waals surface area contributed by atoms with Crippen molar-refractivity contribution in [2.24, 2.45) is 0 Å². The van der Waals surface area contributed by atoms with Crippen LogP contribution in [0.3, 0.4) is 0 Å². The molecule has 5 heteroatoms. The van der Waals surface area contributed by atoms with Gasteiger partial charge in [0.15, 0.2) is 0 Å².